The summed E-state index contributed by atoms with van der Waals surface area (Å²) in [5, 5.41) is 1.48. The third-order valence-corrected chi connectivity index (χ3v) is 3.39. The molecule has 2 rings (SSSR count). The van der Waals surface area contributed by atoms with Crippen molar-refractivity contribution in [1.29, 1.82) is 0 Å². The van der Waals surface area contributed by atoms with Gasteiger partial charge in [0.25, 0.3) is 0 Å². The zero-order valence-electron chi connectivity index (χ0n) is 6.75. The van der Waals surface area contributed by atoms with Crippen LogP contribution in [0.5, 0.6) is 0 Å². The standard InChI is InChI=1S/C10H12P/c1-8-2-4-9(5-3-8)11-10-6-7-10/h2-5,10H,6-7H2,1H3. The van der Waals surface area contributed by atoms with Crippen LogP contribution in [-0.4, -0.2) is 5.66 Å². The summed E-state index contributed by atoms with van der Waals surface area (Å²) in [5.74, 6) is 0. The summed E-state index contributed by atoms with van der Waals surface area (Å²) in [7, 11) is 1.54. The lowest BCUT2D eigenvalue weighted by Crippen LogP contribution is -1.93. The smallest absolute Gasteiger partial charge is 0.0127 e. The normalized spacial score (nSPS) is 17.9. The van der Waals surface area contributed by atoms with Crippen LogP contribution in [0.4, 0.5) is 0 Å². The summed E-state index contributed by atoms with van der Waals surface area (Å²) < 4.78 is 0. The van der Waals surface area contributed by atoms with Crippen molar-refractivity contribution < 1.29 is 0 Å². The maximum atomic E-state index is 2.25. The lowest BCUT2D eigenvalue weighted by Gasteiger charge is -1.97. The molecule has 0 unspecified atom stereocenters. The molecule has 0 aromatic heterocycles. The van der Waals surface area contributed by atoms with Gasteiger partial charge in [0.1, 0.15) is 0 Å². The van der Waals surface area contributed by atoms with Crippen molar-refractivity contribution >= 4 is 13.9 Å². The molecule has 1 saturated carbocycles. The number of rotatable bonds is 2. The Hall–Kier alpha value is -0.350. The summed E-state index contributed by atoms with van der Waals surface area (Å²) in [6, 6.07) is 8.89. The molecule has 1 aliphatic rings. The van der Waals surface area contributed by atoms with Crippen molar-refractivity contribution in [3.05, 3.63) is 29.8 Å². The summed E-state index contributed by atoms with van der Waals surface area (Å²) in [6.45, 7) is 2.14. The fourth-order valence-electron chi connectivity index (χ4n) is 1.05. The van der Waals surface area contributed by atoms with Gasteiger partial charge in [-0.3, -0.25) is 0 Å². The monoisotopic (exact) mass is 163 g/mol. The van der Waals surface area contributed by atoms with Crippen molar-refractivity contribution in [3.8, 4) is 0 Å². The van der Waals surface area contributed by atoms with E-state index in [-0.39, 0.29) is 0 Å². The molecular weight excluding hydrogens is 151 g/mol. The Morgan fingerprint density at radius 1 is 1.18 bits per heavy atom. The molecule has 0 bridgehead atoms. The molecule has 0 heterocycles. The van der Waals surface area contributed by atoms with Gasteiger partial charge in [-0.25, -0.2) is 0 Å². The molecule has 0 amide bonds. The minimum absolute atomic E-state index is 0.984. The highest BCUT2D eigenvalue weighted by molar-refractivity contribution is 7.48. The first-order chi connectivity index (χ1) is 5.34. The Morgan fingerprint density at radius 3 is 2.36 bits per heavy atom. The second kappa shape index (κ2) is 2.95. The van der Waals surface area contributed by atoms with Crippen LogP contribution in [0.1, 0.15) is 18.4 Å². The molecule has 1 aromatic carbocycles. The first-order valence-corrected chi connectivity index (χ1v) is 5.08. The van der Waals surface area contributed by atoms with Crippen molar-refractivity contribution in [2.24, 2.45) is 0 Å². The van der Waals surface area contributed by atoms with Crippen LogP contribution in [0.25, 0.3) is 0 Å². The van der Waals surface area contributed by atoms with E-state index in [0.717, 1.165) is 5.66 Å². The summed E-state index contributed by atoms with van der Waals surface area (Å²) in [5.41, 5.74) is 2.34. The van der Waals surface area contributed by atoms with Crippen molar-refractivity contribution in [2.45, 2.75) is 25.4 Å². The van der Waals surface area contributed by atoms with Gasteiger partial charge in [-0.15, -0.1) is 0 Å². The zero-order chi connectivity index (χ0) is 7.68. The Kier molecular flexibility index (Phi) is 1.96. The molecule has 0 atom stereocenters. The first kappa shape index (κ1) is 7.31. The largest absolute Gasteiger partial charge is 0.0587 e. The Labute approximate surface area is 69.8 Å². The SMILES string of the molecule is Cc1ccc([P]C2CC2)cc1. The van der Waals surface area contributed by atoms with Crippen LogP contribution in [0.15, 0.2) is 24.3 Å². The van der Waals surface area contributed by atoms with Crippen LogP contribution in [0.3, 0.4) is 0 Å². The van der Waals surface area contributed by atoms with Crippen LogP contribution >= 0.6 is 8.58 Å². The van der Waals surface area contributed by atoms with Gasteiger partial charge in [-0.05, 0) is 39.3 Å². The van der Waals surface area contributed by atoms with E-state index in [9.17, 15) is 0 Å². The Balaban J connectivity index is 2.06. The van der Waals surface area contributed by atoms with E-state index in [2.05, 4.69) is 31.2 Å². The lowest BCUT2D eigenvalue weighted by atomic mass is 10.2. The molecule has 0 saturated heterocycles. The second-order valence-corrected chi connectivity index (χ2v) is 4.70. The third kappa shape index (κ3) is 2.04. The molecule has 1 aliphatic carbocycles. The molecular formula is C10H12P. The molecule has 11 heavy (non-hydrogen) atoms. The van der Waals surface area contributed by atoms with Crippen molar-refractivity contribution in [2.75, 3.05) is 0 Å². The molecule has 0 spiro atoms. The van der Waals surface area contributed by atoms with Crippen LogP contribution in [0, 0.1) is 6.92 Å². The van der Waals surface area contributed by atoms with Crippen LogP contribution < -0.4 is 5.30 Å². The summed E-state index contributed by atoms with van der Waals surface area (Å²) >= 11 is 0. The topological polar surface area (TPSA) is 0 Å². The van der Waals surface area contributed by atoms with Gasteiger partial charge >= 0.3 is 0 Å². The van der Waals surface area contributed by atoms with Gasteiger partial charge in [0, 0.05) is 0 Å². The van der Waals surface area contributed by atoms with Gasteiger partial charge in [0.2, 0.25) is 0 Å². The molecule has 0 aliphatic heterocycles. The number of aryl methyl sites for hydroxylation is 1. The van der Waals surface area contributed by atoms with Crippen molar-refractivity contribution in [1.82, 2.24) is 0 Å². The number of benzene rings is 1. The average Bonchev–Trinajstić information content (AvgIpc) is 2.78. The number of hydrogen-bond donors (Lipinski definition) is 0. The molecule has 1 radical (unpaired) electrons. The van der Waals surface area contributed by atoms with E-state index >= 15 is 0 Å². The maximum Gasteiger partial charge on any atom is -0.0127 e. The fourth-order valence-corrected chi connectivity index (χ4v) is 2.20. The average molecular weight is 163 g/mol. The van der Waals surface area contributed by atoms with E-state index in [1.807, 2.05) is 0 Å². The van der Waals surface area contributed by atoms with Gasteiger partial charge in [-0.1, -0.05) is 29.8 Å². The fraction of sp³-hybridized carbons (Fsp3) is 0.400. The molecule has 0 nitrogen and oxygen atoms in total. The minimum Gasteiger partial charge on any atom is -0.0587 e. The van der Waals surface area contributed by atoms with Crippen LogP contribution in [0.2, 0.25) is 0 Å². The first-order valence-electron chi connectivity index (χ1n) is 4.12. The van der Waals surface area contributed by atoms with Gasteiger partial charge in [0.05, 0.1) is 0 Å². The third-order valence-electron chi connectivity index (χ3n) is 1.91. The number of hydrogen-bond acceptors (Lipinski definition) is 0. The van der Waals surface area contributed by atoms with Gasteiger partial charge in [-0.2, -0.15) is 0 Å². The zero-order valence-corrected chi connectivity index (χ0v) is 7.64. The van der Waals surface area contributed by atoms with Gasteiger partial charge in [0.15, 0.2) is 0 Å². The van der Waals surface area contributed by atoms with Crippen LogP contribution in [-0.2, 0) is 0 Å². The lowest BCUT2D eigenvalue weighted by molar-refractivity contribution is 1.48. The predicted molar refractivity (Wildman–Crippen MR) is 50.8 cm³/mol. The highest BCUT2D eigenvalue weighted by Crippen LogP contribution is 2.38. The van der Waals surface area contributed by atoms with E-state index in [4.69, 9.17) is 0 Å². The highest BCUT2D eigenvalue weighted by Gasteiger charge is 2.21. The van der Waals surface area contributed by atoms with E-state index < -0.39 is 0 Å². The van der Waals surface area contributed by atoms with E-state index in [1.165, 1.54) is 23.7 Å². The molecule has 1 aromatic rings. The summed E-state index contributed by atoms with van der Waals surface area (Å²) in [4.78, 5) is 0. The predicted octanol–water partition coefficient (Wildman–Crippen LogP) is 2.73. The minimum atomic E-state index is 0.984. The maximum absolute atomic E-state index is 2.25. The van der Waals surface area contributed by atoms with Crippen molar-refractivity contribution in [3.63, 3.8) is 0 Å². The highest BCUT2D eigenvalue weighted by atomic mass is 31.1. The molecule has 0 N–H and O–H groups in total. The van der Waals surface area contributed by atoms with E-state index in [0.29, 0.717) is 0 Å². The summed E-state index contributed by atoms with van der Waals surface area (Å²) in [6.07, 6.45) is 2.88. The Bertz CT molecular complexity index is 234. The molecule has 1 fully saturated rings. The van der Waals surface area contributed by atoms with Gasteiger partial charge < -0.3 is 0 Å². The quantitative estimate of drug-likeness (QED) is 0.588. The van der Waals surface area contributed by atoms with E-state index in [1.54, 1.807) is 8.58 Å². The Morgan fingerprint density at radius 2 is 1.82 bits per heavy atom. The molecule has 57 valence electrons. The molecule has 1 heteroatoms. The second-order valence-electron chi connectivity index (χ2n) is 3.20.